The summed E-state index contributed by atoms with van der Waals surface area (Å²) in [7, 11) is -3.21. The molecule has 1 heterocycles. The minimum absolute atomic E-state index is 0.295. The lowest BCUT2D eigenvalue weighted by atomic mass is 10.1. The van der Waals surface area contributed by atoms with Crippen molar-refractivity contribution < 1.29 is 13.2 Å². The van der Waals surface area contributed by atoms with Gasteiger partial charge < -0.3 is 4.74 Å². The molecule has 0 radical (unpaired) electrons. The number of sulfone groups is 1. The Morgan fingerprint density at radius 3 is 2.32 bits per heavy atom. The van der Waals surface area contributed by atoms with Crippen LogP contribution in [0.4, 0.5) is 0 Å². The first kappa shape index (κ1) is 17.2. The summed E-state index contributed by atoms with van der Waals surface area (Å²) in [6.45, 7) is 2.38. The van der Waals surface area contributed by atoms with E-state index in [4.69, 9.17) is 4.74 Å². The summed E-state index contributed by atoms with van der Waals surface area (Å²) in [5.74, 6) is 0.529. The number of hydrogen-bond acceptors (Lipinski definition) is 4. The van der Waals surface area contributed by atoms with Gasteiger partial charge in [0.15, 0.2) is 9.84 Å². The first-order chi connectivity index (χ1) is 11.9. The molecule has 0 N–H and O–H groups in total. The van der Waals surface area contributed by atoms with Crippen molar-refractivity contribution >= 4 is 9.84 Å². The van der Waals surface area contributed by atoms with Gasteiger partial charge in [0.25, 0.3) is 0 Å². The molecule has 128 valence electrons. The zero-order valence-corrected chi connectivity index (χ0v) is 15.0. The number of nitrogens with zero attached hydrogens (tertiary/aromatic N) is 1. The first-order valence-electron chi connectivity index (χ1n) is 7.87. The lowest BCUT2D eigenvalue weighted by Crippen LogP contribution is -2.00. The molecule has 0 saturated heterocycles. The van der Waals surface area contributed by atoms with Crippen LogP contribution in [-0.4, -0.2) is 19.7 Å². The van der Waals surface area contributed by atoms with E-state index in [1.54, 1.807) is 30.5 Å². The highest BCUT2D eigenvalue weighted by Gasteiger charge is 2.11. The number of ether oxygens (including phenoxy) is 1. The fourth-order valence-corrected chi connectivity index (χ4v) is 3.12. The summed E-state index contributed by atoms with van der Waals surface area (Å²) in [4.78, 5) is 4.70. The predicted octanol–water partition coefficient (Wildman–Crippen LogP) is 4.04. The van der Waals surface area contributed by atoms with Gasteiger partial charge in [0.1, 0.15) is 6.61 Å². The molecule has 0 fully saturated rings. The minimum Gasteiger partial charge on any atom is -0.472 e. The third kappa shape index (κ3) is 4.25. The van der Waals surface area contributed by atoms with Gasteiger partial charge in [-0.15, -0.1) is 0 Å². The Morgan fingerprint density at radius 2 is 1.68 bits per heavy atom. The standard InChI is InChI=1S/C20H19NO3S/c1-15-12-19(17-8-10-18(11-9-17)25(2,22)23)20(21-13-15)24-14-16-6-4-3-5-7-16/h3-13H,14H2,1-2H3. The molecule has 0 bridgehead atoms. The summed E-state index contributed by atoms with van der Waals surface area (Å²) in [5, 5.41) is 0. The second-order valence-electron chi connectivity index (χ2n) is 5.94. The van der Waals surface area contributed by atoms with Crippen LogP contribution in [0.1, 0.15) is 11.1 Å². The number of pyridine rings is 1. The number of hydrogen-bond donors (Lipinski definition) is 0. The van der Waals surface area contributed by atoms with Crippen molar-refractivity contribution in [2.45, 2.75) is 18.4 Å². The molecule has 5 heteroatoms. The van der Waals surface area contributed by atoms with Gasteiger partial charge in [0.05, 0.1) is 4.90 Å². The minimum atomic E-state index is -3.21. The third-order valence-corrected chi connectivity index (χ3v) is 4.93. The number of rotatable bonds is 5. The van der Waals surface area contributed by atoms with Gasteiger partial charge >= 0.3 is 0 Å². The highest BCUT2D eigenvalue weighted by molar-refractivity contribution is 7.90. The smallest absolute Gasteiger partial charge is 0.221 e. The normalized spacial score (nSPS) is 11.3. The fourth-order valence-electron chi connectivity index (χ4n) is 2.49. The van der Waals surface area contributed by atoms with Crippen molar-refractivity contribution in [1.82, 2.24) is 4.98 Å². The van der Waals surface area contributed by atoms with Gasteiger partial charge in [0, 0.05) is 18.0 Å². The zero-order valence-electron chi connectivity index (χ0n) is 14.1. The van der Waals surface area contributed by atoms with Crippen LogP contribution in [0, 0.1) is 6.92 Å². The molecule has 0 spiro atoms. The van der Waals surface area contributed by atoms with Crippen LogP contribution in [0.3, 0.4) is 0 Å². The van der Waals surface area contributed by atoms with Crippen molar-refractivity contribution in [2.24, 2.45) is 0 Å². The van der Waals surface area contributed by atoms with E-state index in [9.17, 15) is 8.42 Å². The summed E-state index contributed by atoms with van der Waals surface area (Å²) >= 11 is 0. The fraction of sp³-hybridized carbons (Fsp3) is 0.150. The van der Waals surface area contributed by atoms with Crippen molar-refractivity contribution in [3.8, 4) is 17.0 Å². The maximum atomic E-state index is 11.6. The molecular weight excluding hydrogens is 334 g/mol. The Kier molecular flexibility index (Phi) is 4.86. The van der Waals surface area contributed by atoms with Crippen LogP contribution >= 0.6 is 0 Å². The van der Waals surface area contributed by atoms with Gasteiger partial charge in [-0.2, -0.15) is 0 Å². The van der Waals surface area contributed by atoms with Gasteiger partial charge in [-0.3, -0.25) is 0 Å². The molecule has 0 aliphatic rings. The van der Waals surface area contributed by atoms with Crippen LogP contribution in [0.5, 0.6) is 5.88 Å². The molecule has 0 amide bonds. The average molecular weight is 353 g/mol. The lowest BCUT2D eigenvalue weighted by Gasteiger charge is -2.12. The molecule has 3 aromatic rings. The molecule has 0 saturated carbocycles. The van der Waals surface area contributed by atoms with Crippen molar-refractivity contribution in [1.29, 1.82) is 0 Å². The maximum Gasteiger partial charge on any atom is 0.221 e. The van der Waals surface area contributed by atoms with Gasteiger partial charge in [0.2, 0.25) is 5.88 Å². The molecule has 0 unspecified atom stereocenters. The number of aromatic nitrogens is 1. The Bertz CT molecular complexity index is 966. The van der Waals surface area contributed by atoms with Gasteiger partial charge in [-0.25, -0.2) is 13.4 Å². The topological polar surface area (TPSA) is 56.3 Å². The first-order valence-corrected chi connectivity index (χ1v) is 9.76. The predicted molar refractivity (Wildman–Crippen MR) is 98.3 cm³/mol. The monoisotopic (exact) mass is 353 g/mol. The average Bonchev–Trinajstić information content (AvgIpc) is 2.61. The number of benzene rings is 2. The maximum absolute atomic E-state index is 11.6. The molecule has 25 heavy (non-hydrogen) atoms. The zero-order chi connectivity index (χ0) is 17.9. The van der Waals surface area contributed by atoms with Crippen LogP contribution in [0.15, 0.2) is 71.8 Å². The van der Waals surface area contributed by atoms with Gasteiger partial charge in [-0.05, 0) is 41.8 Å². The molecular formula is C20H19NO3S. The molecule has 4 nitrogen and oxygen atoms in total. The van der Waals surface area contributed by atoms with Crippen molar-refractivity contribution in [3.05, 3.63) is 78.0 Å². The van der Waals surface area contributed by atoms with Crippen LogP contribution in [0.25, 0.3) is 11.1 Å². The van der Waals surface area contributed by atoms with Gasteiger partial charge in [-0.1, -0.05) is 42.5 Å². The summed E-state index contributed by atoms with van der Waals surface area (Å²) in [5.41, 5.74) is 3.78. The van der Waals surface area contributed by atoms with Crippen molar-refractivity contribution in [2.75, 3.05) is 6.26 Å². The quantitative estimate of drug-likeness (QED) is 0.695. The second kappa shape index (κ2) is 7.07. The second-order valence-corrected chi connectivity index (χ2v) is 7.95. The molecule has 1 aromatic heterocycles. The van der Waals surface area contributed by atoms with Crippen molar-refractivity contribution in [3.63, 3.8) is 0 Å². The Balaban J connectivity index is 1.91. The third-order valence-electron chi connectivity index (χ3n) is 3.80. The van der Waals surface area contributed by atoms with Crippen LogP contribution in [0.2, 0.25) is 0 Å². The van der Waals surface area contributed by atoms with E-state index < -0.39 is 9.84 Å². The lowest BCUT2D eigenvalue weighted by molar-refractivity contribution is 0.295. The van der Waals surface area contributed by atoms with Crippen LogP contribution in [-0.2, 0) is 16.4 Å². The Hall–Kier alpha value is -2.66. The largest absolute Gasteiger partial charge is 0.472 e. The Labute approximate surface area is 148 Å². The summed E-state index contributed by atoms with van der Waals surface area (Å²) < 4.78 is 29.1. The van der Waals surface area contributed by atoms with E-state index in [0.717, 1.165) is 22.3 Å². The van der Waals surface area contributed by atoms with E-state index in [-0.39, 0.29) is 0 Å². The van der Waals surface area contributed by atoms with E-state index in [1.807, 2.05) is 43.3 Å². The highest BCUT2D eigenvalue weighted by atomic mass is 32.2. The van der Waals surface area contributed by atoms with E-state index in [1.165, 1.54) is 6.26 Å². The van der Waals surface area contributed by atoms with Crippen LogP contribution < -0.4 is 4.74 Å². The van der Waals surface area contributed by atoms with E-state index >= 15 is 0 Å². The molecule has 0 atom stereocenters. The summed E-state index contributed by atoms with van der Waals surface area (Å²) in [6.07, 6.45) is 2.96. The molecule has 0 aliphatic heterocycles. The van der Waals surface area contributed by atoms with E-state index in [0.29, 0.717) is 17.4 Å². The van der Waals surface area contributed by atoms with E-state index in [2.05, 4.69) is 4.98 Å². The molecule has 3 rings (SSSR count). The number of aryl methyl sites for hydroxylation is 1. The SMILES string of the molecule is Cc1cnc(OCc2ccccc2)c(-c2ccc(S(C)(=O)=O)cc2)c1. The molecule has 0 aliphatic carbocycles. The molecule has 2 aromatic carbocycles. The summed E-state index contributed by atoms with van der Waals surface area (Å²) in [6, 6.07) is 18.6. The Morgan fingerprint density at radius 1 is 1.00 bits per heavy atom. The highest BCUT2D eigenvalue weighted by Crippen LogP contribution is 2.30.